The lowest BCUT2D eigenvalue weighted by Crippen LogP contribution is -2.01. The minimum Gasteiger partial charge on any atom is -0.438 e. The molecule has 0 spiro atoms. The number of hydrogen-bond acceptors (Lipinski definition) is 5. The molecule has 4 nitrogen and oxygen atoms in total. The smallest absolute Gasteiger partial charge is 0.227 e. The van der Waals surface area contributed by atoms with E-state index < -0.39 is 0 Å². The Morgan fingerprint density at radius 1 is 0.622 bits per heavy atom. The van der Waals surface area contributed by atoms with E-state index in [2.05, 4.69) is 114 Å². The molecule has 5 aromatic carbocycles. The minimum absolute atomic E-state index is 0.695. The van der Waals surface area contributed by atoms with Crippen LogP contribution in [0.15, 0.2) is 121 Å². The molecule has 0 aliphatic carbocycles. The maximum Gasteiger partial charge on any atom is 0.227 e. The summed E-state index contributed by atoms with van der Waals surface area (Å²) in [5, 5.41) is 3.52. The Morgan fingerprint density at radius 2 is 1.36 bits per heavy atom. The van der Waals surface area contributed by atoms with E-state index in [4.69, 9.17) is 4.74 Å². The van der Waals surface area contributed by atoms with E-state index in [-0.39, 0.29) is 0 Å². The lowest BCUT2D eigenvalue weighted by Gasteiger charge is -2.23. The molecule has 3 aromatic heterocycles. The molecule has 9 rings (SSSR count). The zero-order chi connectivity index (χ0) is 30.5. The predicted octanol–water partition coefficient (Wildman–Crippen LogP) is 11.1. The van der Waals surface area contributed by atoms with E-state index in [1.807, 2.05) is 43.5 Å². The summed E-state index contributed by atoms with van der Waals surface area (Å²) in [6, 6.07) is 39.8. The fourth-order valence-electron chi connectivity index (χ4n) is 6.36. The monoisotopic (exact) mass is 599 g/mol. The number of thiophene rings is 1. The predicted molar refractivity (Wildman–Crippen MR) is 187 cm³/mol. The zero-order valence-electron chi connectivity index (χ0n) is 25.2. The van der Waals surface area contributed by atoms with Crippen LogP contribution in [0.4, 0.5) is 0 Å². The van der Waals surface area contributed by atoms with Gasteiger partial charge >= 0.3 is 0 Å². The van der Waals surface area contributed by atoms with Crippen molar-refractivity contribution in [2.24, 2.45) is 0 Å². The molecule has 0 saturated carbocycles. The SMILES string of the molecule is Cc1ccccc1-c1c(C)cc2c3c(nccc13)Oc1ccccc1-2.Cc1nc(-c2ccccc2)c2sc3ccccc3c2n1. The first kappa shape index (κ1) is 27.2. The van der Waals surface area contributed by atoms with Gasteiger partial charge in [0.1, 0.15) is 11.6 Å². The number of benzene rings is 5. The molecule has 0 amide bonds. The fourth-order valence-corrected chi connectivity index (χ4v) is 7.52. The Morgan fingerprint density at radius 3 is 2.20 bits per heavy atom. The summed E-state index contributed by atoms with van der Waals surface area (Å²) in [7, 11) is 0. The Labute approximate surface area is 265 Å². The van der Waals surface area contributed by atoms with Gasteiger partial charge in [-0.05, 0) is 78.2 Å². The second-order valence-corrected chi connectivity index (χ2v) is 12.4. The highest BCUT2D eigenvalue weighted by Crippen LogP contribution is 2.49. The number of pyridine rings is 1. The summed E-state index contributed by atoms with van der Waals surface area (Å²) in [4.78, 5) is 13.8. The lowest BCUT2D eigenvalue weighted by atomic mass is 9.87. The van der Waals surface area contributed by atoms with Gasteiger partial charge in [-0.1, -0.05) is 91.0 Å². The van der Waals surface area contributed by atoms with Gasteiger partial charge in [0.05, 0.1) is 21.3 Å². The molecule has 45 heavy (non-hydrogen) atoms. The second-order valence-electron chi connectivity index (χ2n) is 11.3. The molecule has 216 valence electrons. The number of aryl methyl sites for hydroxylation is 3. The van der Waals surface area contributed by atoms with Crippen molar-refractivity contribution < 1.29 is 4.74 Å². The number of aromatic nitrogens is 3. The van der Waals surface area contributed by atoms with Gasteiger partial charge in [0, 0.05) is 27.4 Å². The van der Waals surface area contributed by atoms with Gasteiger partial charge in [0.25, 0.3) is 0 Å². The highest BCUT2D eigenvalue weighted by Gasteiger charge is 2.24. The topological polar surface area (TPSA) is 47.9 Å². The van der Waals surface area contributed by atoms with Crippen molar-refractivity contribution in [1.82, 2.24) is 15.0 Å². The normalized spacial score (nSPS) is 11.6. The van der Waals surface area contributed by atoms with Crippen LogP contribution in [0.25, 0.3) is 64.6 Å². The first-order valence-corrected chi connectivity index (χ1v) is 15.9. The summed E-state index contributed by atoms with van der Waals surface area (Å²) in [6.45, 7) is 6.31. The molecule has 1 aliphatic rings. The van der Waals surface area contributed by atoms with Crippen molar-refractivity contribution in [3.05, 3.63) is 138 Å². The molecule has 0 bridgehead atoms. The van der Waals surface area contributed by atoms with Crippen molar-refractivity contribution >= 4 is 42.4 Å². The quantitative estimate of drug-likeness (QED) is 0.198. The highest BCUT2D eigenvalue weighted by molar-refractivity contribution is 7.26. The fraction of sp³-hybridized carbons (Fsp3) is 0.0750. The summed E-state index contributed by atoms with van der Waals surface area (Å²) < 4.78 is 8.53. The van der Waals surface area contributed by atoms with Gasteiger partial charge in [0.2, 0.25) is 5.88 Å². The molecule has 0 saturated heterocycles. The van der Waals surface area contributed by atoms with Gasteiger partial charge in [-0.25, -0.2) is 15.0 Å². The van der Waals surface area contributed by atoms with E-state index >= 15 is 0 Å². The van der Waals surface area contributed by atoms with Crippen LogP contribution in [0.2, 0.25) is 0 Å². The molecule has 0 unspecified atom stereocenters. The first-order valence-electron chi connectivity index (χ1n) is 15.0. The molecule has 1 aliphatic heterocycles. The number of fused-ring (bicyclic) bond motifs is 5. The summed E-state index contributed by atoms with van der Waals surface area (Å²) in [5.41, 5.74) is 10.7. The minimum atomic E-state index is 0.695. The Hall–Kier alpha value is -5.39. The molecule has 8 aromatic rings. The standard InChI is InChI=1S/C23H17NO.C17H12N2S/c1-14-7-3-4-8-16(14)21-15(2)13-19-17-9-5-6-10-20(17)25-23-22(19)18(21)11-12-24-23;1-11-18-15(12-7-3-2-4-8-12)17-16(19-11)13-9-5-6-10-14(13)20-17/h3-13H,1-2H3;2-10H,1H3. The summed E-state index contributed by atoms with van der Waals surface area (Å²) >= 11 is 1.77. The first-order chi connectivity index (χ1) is 22.1. The Balaban J connectivity index is 0.000000137. The van der Waals surface area contributed by atoms with Gasteiger partial charge in [0.15, 0.2) is 0 Å². The van der Waals surface area contributed by atoms with Crippen LogP contribution in [0, 0.1) is 20.8 Å². The Bertz CT molecular complexity index is 2390. The Kier molecular flexibility index (Phi) is 6.62. The molecule has 0 N–H and O–H groups in total. The maximum atomic E-state index is 6.10. The van der Waals surface area contributed by atoms with Crippen molar-refractivity contribution in [2.75, 3.05) is 0 Å². The van der Waals surface area contributed by atoms with E-state index in [9.17, 15) is 0 Å². The van der Waals surface area contributed by atoms with Gasteiger partial charge < -0.3 is 4.74 Å². The van der Waals surface area contributed by atoms with E-state index in [0.29, 0.717) is 5.88 Å². The van der Waals surface area contributed by atoms with E-state index in [1.165, 1.54) is 48.0 Å². The van der Waals surface area contributed by atoms with Crippen molar-refractivity contribution in [1.29, 1.82) is 0 Å². The zero-order valence-corrected chi connectivity index (χ0v) is 26.0. The summed E-state index contributed by atoms with van der Waals surface area (Å²) in [5.74, 6) is 2.39. The van der Waals surface area contributed by atoms with Crippen LogP contribution < -0.4 is 4.74 Å². The van der Waals surface area contributed by atoms with Crippen molar-refractivity contribution in [3.63, 3.8) is 0 Å². The summed E-state index contributed by atoms with van der Waals surface area (Å²) in [6.07, 6.45) is 1.84. The number of hydrogen-bond donors (Lipinski definition) is 0. The molecule has 4 heterocycles. The molecule has 0 fully saturated rings. The highest BCUT2D eigenvalue weighted by atomic mass is 32.1. The van der Waals surface area contributed by atoms with Crippen LogP contribution >= 0.6 is 11.3 Å². The number of para-hydroxylation sites is 1. The van der Waals surface area contributed by atoms with Gasteiger partial charge in [-0.15, -0.1) is 11.3 Å². The van der Waals surface area contributed by atoms with E-state index in [1.54, 1.807) is 11.3 Å². The van der Waals surface area contributed by atoms with Gasteiger partial charge in [-0.2, -0.15) is 0 Å². The third-order valence-corrected chi connectivity index (χ3v) is 9.55. The molecule has 5 heteroatoms. The van der Waals surface area contributed by atoms with Gasteiger partial charge in [-0.3, -0.25) is 0 Å². The molecular formula is C40H29N3OS. The molecule has 0 radical (unpaired) electrons. The number of ether oxygens (including phenoxy) is 1. The van der Waals surface area contributed by atoms with Crippen LogP contribution in [-0.4, -0.2) is 15.0 Å². The van der Waals surface area contributed by atoms with Crippen LogP contribution in [0.3, 0.4) is 0 Å². The lowest BCUT2D eigenvalue weighted by molar-refractivity contribution is 0.468. The van der Waals surface area contributed by atoms with Crippen LogP contribution in [-0.2, 0) is 0 Å². The van der Waals surface area contributed by atoms with Crippen molar-refractivity contribution in [3.8, 4) is 45.1 Å². The third kappa shape index (κ3) is 4.64. The maximum absolute atomic E-state index is 6.10. The average Bonchev–Trinajstić information content (AvgIpc) is 3.44. The molecule has 0 atom stereocenters. The molecular weight excluding hydrogens is 571 g/mol. The van der Waals surface area contributed by atoms with E-state index in [0.717, 1.165) is 39.3 Å². The largest absolute Gasteiger partial charge is 0.438 e. The second kappa shape index (κ2) is 11.0. The van der Waals surface area contributed by atoms with Crippen molar-refractivity contribution in [2.45, 2.75) is 20.8 Å². The number of nitrogens with zero attached hydrogens (tertiary/aromatic N) is 3. The number of rotatable bonds is 2. The average molecular weight is 600 g/mol. The third-order valence-electron chi connectivity index (χ3n) is 8.39. The van der Waals surface area contributed by atoms with Crippen LogP contribution in [0.5, 0.6) is 11.6 Å². The van der Waals surface area contributed by atoms with Crippen LogP contribution in [0.1, 0.15) is 17.0 Å².